The molecule has 4 rings (SSSR count). The molecule has 0 radical (unpaired) electrons. The van der Waals surface area contributed by atoms with Crippen LogP contribution in [0.4, 0.5) is 0 Å². The van der Waals surface area contributed by atoms with Gasteiger partial charge in [0.2, 0.25) is 0 Å². The SMILES string of the molecule is O=C(c1cccc2nn(O)nc12)c1cccc2nn(O)nc12. The van der Waals surface area contributed by atoms with Gasteiger partial charge in [-0.2, -0.15) is 0 Å². The largest absolute Gasteiger partial charge is 0.396 e. The zero-order valence-corrected chi connectivity index (χ0v) is 11.0. The monoisotopic (exact) mass is 296 g/mol. The molecule has 0 fully saturated rings. The van der Waals surface area contributed by atoms with Gasteiger partial charge >= 0.3 is 0 Å². The molecule has 2 N–H and O–H groups in total. The number of benzene rings is 2. The standard InChI is InChI=1S/C13H8N6O3/c20-13(7-3-1-5-9-11(7)16-18(21)14-9)8-4-2-6-10-12(8)17-19(22)15-10/h1-6,21-22H. The summed E-state index contributed by atoms with van der Waals surface area (Å²) in [4.78, 5) is 13.6. The number of hydrogen-bond donors (Lipinski definition) is 2. The Morgan fingerprint density at radius 3 is 1.68 bits per heavy atom. The molecule has 0 aliphatic heterocycles. The Balaban J connectivity index is 1.96. The van der Waals surface area contributed by atoms with Crippen molar-refractivity contribution in [3.05, 3.63) is 47.5 Å². The Morgan fingerprint density at radius 1 is 0.773 bits per heavy atom. The highest BCUT2D eigenvalue weighted by Gasteiger charge is 2.20. The fourth-order valence-electron chi connectivity index (χ4n) is 2.36. The summed E-state index contributed by atoms with van der Waals surface area (Å²) >= 11 is 0. The third kappa shape index (κ3) is 1.69. The summed E-state index contributed by atoms with van der Waals surface area (Å²) in [6.45, 7) is 0. The lowest BCUT2D eigenvalue weighted by Gasteiger charge is -2.01. The number of ketones is 1. The summed E-state index contributed by atoms with van der Waals surface area (Å²) in [5.41, 5.74) is 1.90. The molecule has 0 saturated heterocycles. The van der Waals surface area contributed by atoms with E-state index in [1.54, 1.807) is 36.4 Å². The second-order valence-electron chi connectivity index (χ2n) is 4.61. The van der Waals surface area contributed by atoms with Crippen molar-refractivity contribution in [2.45, 2.75) is 0 Å². The quantitative estimate of drug-likeness (QED) is 0.416. The Labute approximate surface area is 121 Å². The van der Waals surface area contributed by atoms with Gasteiger partial charge in [-0.25, -0.2) is 0 Å². The Bertz CT molecular complexity index is 953. The maximum atomic E-state index is 12.8. The van der Waals surface area contributed by atoms with E-state index in [4.69, 9.17) is 0 Å². The van der Waals surface area contributed by atoms with Crippen LogP contribution in [-0.2, 0) is 0 Å². The maximum Gasteiger partial charge on any atom is 0.197 e. The fourth-order valence-corrected chi connectivity index (χ4v) is 2.36. The van der Waals surface area contributed by atoms with Gasteiger partial charge in [-0.05, 0) is 34.2 Å². The molecule has 0 spiro atoms. The molecule has 4 aromatic rings. The van der Waals surface area contributed by atoms with E-state index >= 15 is 0 Å². The van der Waals surface area contributed by atoms with Crippen LogP contribution >= 0.6 is 0 Å². The topological polar surface area (TPSA) is 119 Å². The van der Waals surface area contributed by atoms with Gasteiger partial charge in [-0.15, -0.1) is 20.4 Å². The summed E-state index contributed by atoms with van der Waals surface area (Å²) in [6, 6.07) is 9.73. The van der Waals surface area contributed by atoms with Gasteiger partial charge in [-0.1, -0.05) is 12.1 Å². The first-order valence-electron chi connectivity index (χ1n) is 6.29. The molecule has 0 aliphatic carbocycles. The van der Waals surface area contributed by atoms with E-state index in [9.17, 15) is 15.2 Å². The van der Waals surface area contributed by atoms with E-state index in [1.165, 1.54) is 0 Å². The molecule has 2 aromatic heterocycles. The van der Waals surface area contributed by atoms with Gasteiger partial charge in [0.05, 0.1) is 11.1 Å². The first-order chi connectivity index (χ1) is 10.6. The van der Waals surface area contributed by atoms with Crippen LogP contribution < -0.4 is 0 Å². The van der Waals surface area contributed by atoms with E-state index in [0.29, 0.717) is 21.0 Å². The lowest BCUT2D eigenvalue weighted by atomic mass is 10.0. The minimum Gasteiger partial charge on any atom is -0.396 e. The summed E-state index contributed by atoms with van der Waals surface area (Å²) in [6.07, 6.45) is 0. The van der Waals surface area contributed by atoms with Gasteiger partial charge in [-0.3, -0.25) is 4.79 Å². The second kappa shape index (κ2) is 4.25. The van der Waals surface area contributed by atoms with Crippen LogP contribution in [0.1, 0.15) is 15.9 Å². The summed E-state index contributed by atoms with van der Waals surface area (Å²) in [7, 11) is 0. The van der Waals surface area contributed by atoms with E-state index in [-0.39, 0.29) is 27.9 Å². The van der Waals surface area contributed by atoms with Crippen molar-refractivity contribution in [2.24, 2.45) is 0 Å². The highest BCUT2D eigenvalue weighted by Crippen LogP contribution is 2.22. The molecule has 2 aromatic carbocycles. The molecule has 0 unspecified atom stereocenters. The zero-order valence-electron chi connectivity index (χ0n) is 11.0. The average Bonchev–Trinajstić information content (AvgIpc) is 3.06. The third-order valence-corrected chi connectivity index (χ3v) is 3.29. The van der Waals surface area contributed by atoms with E-state index < -0.39 is 0 Å². The molecule has 0 saturated carbocycles. The number of nitrogens with zero attached hydrogens (tertiary/aromatic N) is 6. The Morgan fingerprint density at radius 2 is 1.23 bits per heavy atom. The van der Waals surface area contributed by atoms with Crippen molar-refractivity contribution < 1.29 is 15.2 Å². The third-order valence-electron chi connectivity index (χ3n) is 3.29. The van der Waals surface area contributed by atoms with Crippen LogP contribution in [0.25, 0.3) is 22.1 Å². The second-order valence-corrected chi connectivity index (χ2v) is 4.61. The molecule has 108 valence electrons. The van der Waals surface area contributed by atoms with Crippen molar-refractivity contribution >= 4 is 27.9 Å². The van der Waals surface area contributed by atoms with Crippen LogP contribution in [-0.4, -0.2) is 46.5 Å². The smallest absolute Gasteiger partial charge is 0.197 e. The number of hydrogen-bond acceptors (Lipinski definition) is 7. The average molecular weight is 296 g/mol. The van der Waals surface area contributed by atoms with Gasteiger partial charge in [0, 0.05) is 0 Å². The van der Waals surface area contributed by atoms with Crippen molar-refractivity contribution in [1.29, 1.82) is 0 Å². The van der Waals surface area contributed by atoms with E-state index in [2.05, 4.69) is 20.4 Å². The summed E-state index contributed by atoms with van der Waals surface area (Å²) < 4.78 is 0. The molecule has 0 aliphatic rings. The Hall–Kier alpha value is -3.49. The maximum absolute atomic E-state index is 12.8. The molecule has 9 heteroatoms. The predicted molar refractivity (Wildman–Crippen MR) is 72.9 cm³/mol. The summed E-state index contributed by atoms with van der Waals surface area (Å²) in [5.74, 6) is -0.350. The minimum absolute atomic E-state index is 0.276. The van der Waals surface area contributed by atoms with E-state index in [1.807, 2.05) is 0 Å². The van der Waals surface area contributed by atoms with Crippen LogP contribution in [0.15, 0.2) is 36.4 Å². The number of rotatable bonds is 2. The number of carbonyl (C=O) groups excluding carboxylic acids is 1. The van der Waals surface area contributed by atoms with Crippen LogP contribution in [0, 0.1) is 0 Å². The normalized spacial score (nSPS) is 11.3. The highest BCUT2D eigenvalue weighted by molar-refractivity contribution is 6.19. The van der Waals surface area contributed by atoms with Crippen molar-refractivity contribution in [1.82, 2.24) is 30.3 Å². The van der Waals surface area contributed by atoms with Crippen LogP contribution in [0.3, 0.4) is 0 Å². The van der Waals surface area contributed by atoms with Gasteiger partial charge in [0.1, 0.15) is 22.1 Å². The number of fused-ring (bicyclic) bond motifs is 2. The first-order valence-corrected chi connectivity index (χ1v) is 6.29. The Kier molecular flexibility index (Phi) is 2.37. The lowest BCUT2D eigenvalue weighted by Crippen LogP contribution is -2.04. The van der Waals surface area contributed by atoms with Crippen molar-refractivity contribution in [2.75, 3.05) is 0 Å². The molecule has 0 bridgehead atoms. The van der Waals surface area contributed by atoms with Crippen molar-refractivity contribution in [3.63, 3.8) is 0 Å². The predicted octanol–water partition coefficient (Wildman–Crippen LogP) is 0.882. The minimum atomic E-state index is -0.350. The molecule has 9 nitrogen and oxygen atoms in total. The van der Waals surface area contributed by atoms with Crippen molar-refractivity contribution in [3.8, 4) is 0 Å². The molecular weight excluding hydrogens is 288 g/mol. The van der Waals surface area contributed by atoms with Crippen LogP contribution in [0.2, 0.25) is 0 Å². The molecular formula is C13H8N6O3. The highest BCUT2D eigenvalue weighted by atomic mass is 16.5. The van der Waals surface area contributed by atoms with E-state index in [0.717, 1.165) is 0 Å². The number of carbonyl (C=O) groups is 1. The fraction of sp³-hybridized carbons (Fsp3) is 0. The molecule has 22 heavy (non-hydrogen) atoms. The zero-order chi connectivity index (χ0) is 15.3. The molecule has 0 amide bonds. The number of aromatic nitrogens is 6. The van der Waals surface area contributed by atoms with Crippen LogP contribution in [0.5, 0.6) is 0 Å². The van der Waals surface area contributed by atoms with Gasteiger partial charge in [0.25, 0.3) is 0 Å². The lowest BCUT2D eigenvalue weighted by molar-refractivity contribution is 0.103. The summed E-state index contributed by atoms with van der Waals surface area (Å²) in [5, 5.41) is 33.8. The van der Waals surface area contributed by atoms with Gasteiger partial charge < -0.3 is 10.4 Å². The van der Waals surface area contributed by atoms with Gasteiger partial charge in [0.15, 0.2) is 5.78 Å². The molecule has 2 heterocycles. The first kappa shape index (κ1) is 12.3. The molecule has 0 atom stereocenters.